The molecule has 2 aliphatic heterocycles. The molecule has 2 fully saturated rings. The normalized spacial score (nSPS) is 33.0. The highest BCUT2D eigenvalue weighted by Crippen LogP contribution is 2.38. The molecule has 4 atom stereocenters. The number of likely N-dealkylation sites (tertiary alicyclic amines) is 1. The molecule has 5 heteroatoms. The van der Waals surface area contributed by atoms with E-state index in [1.807, 2.05) is 32.0 Å². The van der Waals surface area contributed by atoms with Crippen molar-refractivity contribution in [1.29, 1.82) is 0 Å². The zero-order chi connectivity index (χ0) is 15.0. The lowest BCUT2D eigenvalue weighted by atomic mass is 10.0. The Balaban J connectivity index is 1.78. The number of hydrogen-bond acceptors (Lipinski definition) is 5. The van der Waals surface area contributed by atoms with E-state index >= 15 is 0 Å². The zero-order valence-electron chi connectivity index (χ0n) is 12.5. The molecule has 0 radical (unpaired) electrons. The molecule has 0 bridgehead atoms. The van der Waals surface area contributed by atoms with Crippen molar-refractivity contribution in [2.24, 2.45) is 0 Å². The number of aliphatic hydroxyl groups is 2. The summed E-state index contributed by atoms with van der Waals surface area (Å²) < 4.78 is 11.9. The molecule has 1 aromatic rings. The van der Waals surface area contributed by atoms with E-state index in [0.717, 1.165) is 0 Å². The molecule has 0 spiro atoms. The standard InChI is InChI=1S/C16H23NO4/c1-16(2)20-13-9-17(8-11-6-4-3-5-7-11)14(12(19)10-18)15(13)21-16/h3-7,12-15,18-19H,8-10H2,1-2H3/t12-,13-,14+,15-/m1/s1. The molecule has 21 heavy (non-hydrogen) atoms. The molecule has 0 aromatic heterocycles. The number of benzene rings is 1. The molecule has 3 rings (SSSR count). The predicted octanol–water partition coefficient (Wildman–Crippen LogP) is 0.744. The van der Waals surface area contributed by atoms with Gasteiger partial charge in [-0.1, -0.05) is 30.3 Å². The molecule has 5 nitrogen and oxygen atoms in total. The van der Waals surface area contributed by atoms with Gasteiger partial charge in [0.05, 0.1) is 18.8 Å². The number of rotatable bonds is 4. The fourth-order valence-corrected chi connectivity index (χ4v) is 3.41. The summed E-state index contributed by atoms with van der Waals surface area (Å²) in [4.78, 5) is 2.14. The Bertz CT molecular complexity index is 478. The SMILES string of the molecule is CC1(C)O[C@H]2[C@H]([C@H](O)CO)N(Cc3ccccc3)C[C@H]2O1. The third-order valence-electron chi connectivity index (χ3n) is 4.20. The van der Waals surface area contributed by atoms with Gasteiger partial charge in [-0.3, -0.25) is 4.90 Å². The maximum absolute atomic E-state index is 10.2. The van der Waals surface area contributed by atoms with E-state index in [4.69, 9.17) is 9.47 Å². The molecule has 0 unspecified atom stereocenters. The van der Waals surface area contributed by atoms with E-state index in [0.29, 0.717) is 13.1 Å². The van der Waals surface area contributed by atoms with Gasteiger partial charge in [0.15, 0.2) is 5.79 Å². The van der Waals surface area contributed by atoms with Gasteiger partial charge in [-0.2, -0.15) is 0 Å². The average Bonchev–Trinajstić information content (AvgIpc) is 2.90. The first-order chi connectivity index (χ1) is 10.00. The van der Waals surface area contributed by atoms with Crippen LogP contribution in [0.3, 0.4) is 0 Å². The molecule has 1 aromatic carbocycles. The smallest absolute Gasteiger partial charge is 0.163 e. The first-order valence-electron chi connectivity index (χ1n) is 7.43. The van der Waals surface area contributed by atoms with Crippen LogP contribution >= 0.6 is 0 Å². The summed E-state index contributed by atoms with van der Waals surface area (Å²) in [5, 5.41) is 19.6. The first kappa shape index (κ1) is 14.9. The van der Waals surface area contributed by atoms with Crippen molar-refractivity contribution < 1.29 is 19.7 Å². The average molecular weight is 293 g/mol. The number of fused-ring (bicyclic) bond motifs is 1. The van der Waals surface area contributed by atoms with E-state index in [9.17, 15) is 10.2 Å². The maximum Gasteiger partial charge on any atom is 0.163 e. The molecular formula is C16H23NO4. The molecule has 0 amide bonds. The van der Waals surface area contributed by atoms with E-state index in [1.165, 1.54) is 5.56 Å². The minimum atomic E-state index is -0.832. The lowest BCUT2D eigenvalue weighted by molar-refractivity contribution is -0.169. The molecule has 0 aliphatic carbocycles. The molecule has 2 heterocycles. The van der Waals surface area contributed by atoms with Crippen molar-refractivity contribution in [1.82, 2.24) is 4.90 Å². The van der Waals surface area contributed by atoms with Crippen LogP contribution in [0.5, 0.6) is 0 Å². The summed E-state index contributed by atoms with van der Waals surface area (Å²) in [6.45, 7) is 4.90. The highest BCUT2D eigenvalue weighted by Gasteiger charge is 2.54. The fourth-order valence-electron chi connectivity index (χ4n) is 3.41. The van der Waals surface area contributed by atoms with Gasteiger partial charge in [0.25, 0.3) is 0 Å². The molecular weight excluding hydrogens is 270 g/mol. The van der Waals surface area contributed by atoms with Crippen molar-refractivity contribution in [3.05, 3.63) is 35.9 Å². The van der Waals surface area contributed by atoms with Crippen molar-refractivity contribution in [3.8, 4) is 0 Å². The lowest BCUT2D eigenvalue weighted by Gasteiger charge is -2.32. The van der Waals surface area contributed by atoms with Gasteiger partial charge in [-0.15, -0.1) is 0 Å². The van der Waals surface area contributed by atoms with Gasteiger partial charge in [0.1, 0.15) is 12.2 Å². The fraction of sp³-hybridized carbons (Fsp3) is 0.625. The highest BCUT2D eigenvalue weighted by atomic mass is 16.8. The lowest BCUT2D eigenvalue weighted by Crippen LogP contribution is -2.47. The third kappa shape index (κ3) is 2.98. The molecule has 0 saturated carbocycles. The molecule has 2 saturated heterocycles. The second kappa shape index (κ2) is 5.66. The summed E-state index contributed by atoms with van der Waals surface area (Å²) in [6.07, 6.45) is -1.10. The number of hydrogen-bond donors (Lipinski definition) is 2. The molecule has 116 valence electrons. The van der Waals surface area contributed by atoms with Gasteiger partial charge >= 0.3 is 0 Å². The van der Waals surface area contributed by atoms with Crippen LogP contribution in [0.1, 0.15) is 19.4 Å². The minimum Gasteiger partial charge on any atom is -0.394 e. The first-order valence-corrected chi connectivity index (χ1v) is 7.43. The minimum absolute atomic E-state index is 0.0603. The molecule has 2 aliphatic rings. The van der Waals surface area contributed by atoms with Crippen molar-refractivity contribution in [2.75, 3.05) is 13.2 Å². The zero-order valence-corrected chi connectivity index (χ0v) is 12.5. The Morgan fingerprint density at radius 2 is 2.00 bits per heavy atom. The van der Waals surface area contributed by atoms with Crippen LogP contribution in [0.15, 0.2) is 30.3 Å². The molecule has 2 N–H and O–H groups in total. The van der Waals surface area contributed by atoms with Gasteiger partial charge in [0.2, 0.25) is 0 Å². The number of nitrogens with zero attached hydrogens (tertiary/aromatic N) is 1. The summed E-state index contributed by atoms with van der Waals surface area (Å²) in [6, 6.07) is 9.85. The second-order valence-electron chi connectivity index (χ2n) is 6.29. The largest absolute Gasteiger partial charge is 0.394 e. The third-order valence-corrected chi connectivity index (χ3v) is 4.20. The van der Waals surface area contributed by atoms with Crippen LogP contribution in [0.4, 0.5) is 0 Å². The van der Waals surface area contributed by atoms with Crippen molar-refractivity contribution in [3.63, 3.8) is 0 Å². The van der Waals surface area contributed by atoms with Crippen molar-refractivity contribution in [2.45, 2.75) is 50.5 Å². The summed E-state index contributed by atoms with van der Waals surface area (Å²) in [5.74, 6) is -0.623. The Hall–Kier alpha value is -0.980. The topological polar surface area (TPSA) is 62.2 Å². The van der Waals surface area contributed by atoms with Gasteiger partial charge < -0.3 is 19.7 Å². The van der Waals surface area contributed by atoms with Crippen LogP contribution in [0, 0.1) is 0 Å². The number of aliphatic hydroxyl groups excluding tert-OH is 2. The second-order valence-corrected chi connectivity index (χ2v) is 6.29. The van der Waals surface area contributed by atoms with Crippen LogP contribution in [-0.4, -0.2) is 58.4 Å². The summed E-state index contributed by atoms with van der Waals surface area (Å²) in [7, 11) is 0. The Morgan fingerprint density at radius 1 is 1.29 bits per heavy atom. The Morgan fingerprint density at radius 3 is 2.67 bits per heavy atom. The van der Waals surface area contributed by atoms with Gasteiger partial charge in [-0.05, 0) is 19.4 Å². The number of ether oxygens (including phenoxy) is 2. The Labute approximate surface area is 125 Å². The predicted molar refractivity (Wildman–Crippen MR) is 77.6 cm³/mol. The van der Waals surface area contributed by atoms with Crippen LogP contribution in [-0.2, 0) is 16.0 Å². The Kier molecular flexibility index (Phi) is 4.03. The van der Waals surface area contributed by atoms with Gasteiger partial charge in [-0.25, -0.2) is 0 Å². The summed E-state index contributed by atoms with van der Waals surface area (Å²) >= 11 is 0. The monoisotopic (exact) mass is 293 g/mol. The van der Waals surface area contributed by atoms with Gasteiger partial charge in [0, 0.05) is 13.1 Å². The summed E-state index contributed by atoms with van der Waals surface area (Å²) in [5.41, 5.74) is 1.17. The van der Waals surface area contributed by atoms with Crippen LogP contribution < -0.4 is 0 Å². The van der Waals surface area contributed by atoms with E-state index < -0.39 is 11.9 Å². The van der Waals surface area contributed by atoms with E-state index in [1.54, 1.807) is 0 Å². The quantitative estimate of drug-likeness (QED) is 0.857. The van der Waals surface area contributed by atoms with Crippen LogP contribution in [0.2, 0.25) is 0 Å². The van der Waals surface area contributed by atoms with Crippen LogP contribution in [0.25, 0.3) is 0 Å². The maximum atomic E-state index is 10.2. The van der Waals surface area contributed by atoms with E-state index in [2.05, 4.69) is 17.0 Å². The highest BCUT2D eigenvalue weighted by molar-refractivity contribution is 5.16. The van der Waals surface area contributed by atoms with Crippen molar-refractivity contribution >= 4 is 0 Å². The van der Waals surface area contributed by atoms with E-state index in [-0.39, 0.29) is 24.9 Å².